The van der Waals surface area contributed by atoms with Crippen LogP contribution in [0.5, 0.6) is 0 Å². The highest BCUT2D eigenvalue weighted by atomic mass is 16.8. The van der Waals surface area contributed by atoms with Crippen LogP contribution in [0.25, 0.3) is 0 Å². The Balaban J connectivity index is 1.67. The van der Waals surface area contributed by atoms with E-state index in [-0.39, 0.29) is 30.5 Å². The fraction of sp³-hybridized carbons (Fsp3) is 0.417. The van der Waals surface area contributed by atoms with Crippen molar-refractivity contribution in [3.63, 3.8) is 0 Å². The van der Waals surface area contributed by atoms with Gasteiger partial charge in [0, 0.05) is 0 Å². The van der Waals surface area contributed by atoms with Crippen molar-refractivity contribution in [1.82, 2.24) is 0 Å². The van der Waals surface area contributed by atoms with E-state index in [9.17, 15) is 0 Å². The first kappa shape index (κ1) is 20.1. The minimum absolute atomic E-state index is 0.259. The molecule has 0 saturated carbocycles. The number of hydrogen-bond donors (Lipinski definition) is 0. The predicted molar refractivity (Wildman–Crippen MR) is 109 cm³/mol. The Morgan fingerprint density at radius 1 is 0.966 bits per heavy atom. The summed E-state index contributed by atoms with van der Waals surface area (Å²) < 4.78 is 30.6. The molecule has 0 spiro atoms. The number of ether oxygens (including phenoxy) is 5. The highest BCUT2D eigenvalue weighted by molar-refractivity contribution is 5.30. The third-order valence-corrected chi connectivity index (χ3v) is 5.30. The molecule has 5 nitrogen and oxygen atoms in total. The minimum Gasteiger partial charge on any atom is -0.496 e. The standard InChI is InChI=1S/C24H28O5/c1-5-25-16(2)19-21(22-23(27-19)29-24(3,4)28-22)26-20(17-12-8-6-9-13-17)18-14-10-7-11-15-18/h5-16,19-23H,1H2,2-4H3/t16-,19-,21+,22-,23-/m1/s1. The van der Waals surface area contributed by atoms with Crippen LogP contribution in [-0.4, -0.2) is 36.5 Å². The lowest BCUT2D eigenvalue weighted by molar-refractivity contribution is -0.231. The van der Waals surface area contributed by atoms with Crippen molar-refractivity contribution in [2.45, 2.75) is 63.4 Å². The maximum atomic E-state index is 6.73. The number of benzene rings is 2. The van der Waals surface area contributed by atoms with E-state index < -0.39 is 12.1 Å². The second-order valence-electron chi connectivity index (χ2n) is 7.88. The fourth-order valence-corrected chi connectivity index (χ4v) is 4.03. The van der Waals surface area contributed by atoms with Crippen LogP contribution in [0.1, 0.15) is 38.0 Å². The molecule has 29 heavy (non-hydrogen) atoms. The molecule has 2 aromatic rings. The Morgan fingerprint density at radius 3 is 2.10 bits per heavy atom. The van der Waals surface area contributed by atoms with Crippen LogP contribution in [-0.2, 0) is 23.7 Å². The maximum Gasteiger partial charge on any atom is 0.190 e. The molecular formula is C24H28O5. The summed E-state index contributed by atoms with van der Waals surface area (Å²) in [6.07, 6.45) is -0.669. The van der Waals surface area contributed by atoms with Crippen LogP contribution in [0.2, 0.25) is 0 Å². The first-order chi connectivity index (χ1) is 14.0. The topological polar surface area (TPSA) is 46.2 Å². The van der Waals surface area contributed by atoms with Crippen molar-refractivity contribution in [2.75, 3.05) is 0 Å². The second-order valence-corrected chi connectivity index (χ2v) is 7.88. The van der Waals surface area contributed by atoms with Gasteiger partial charge >= 0.3 is 0 Å². The van der Waals surface area contributed by atoms with Crippen LogP contribution < -0.4 is 0 Å². The average Bonchev–Trinajstić information content (AvgIpc) is 3.19. The Morgan fingerprint density at radius 2 is 1.55 bits per heavy atom. The molecule has 2 aromatic carbocycles. The number of hydrogen-bond acceptors (Lipinski definition) is 5. The van der Waals surface area contributed by atoms with Crippen molar-refractivity contribution < 1.29 is 23.7 Å². The molecule has 2 heterocycles. The summed E-state index contributed by atoms with van der Waals surface area (Å²) in [5.41, 5.74) is 2.13. The first-order valence-corrected chi connectivity index (χ1v) is 10.0. The van der Waals surface area contributed by atoms with E-state index in [1.165, 1.54) is 6.26 Å². The molecule has 0 radical (unpaired) electrons. The molecule has 0 N–H and O–H groups in total. The smallest absolute Gasteiger partial charge is 0.190 e. The van der Waals surface area contributed by atoms with Gasteiger partial charge in [0.25, 0.3) is 0 Å². The van der Waals surface area contributed by atoms with Crippen molar-refractivity contribution in [2.24, 2.45) is 0 Å². The van der Waals surface area contributed by atoms with E-state index in [4.69, 9.17) is 23.7 Å². The third-order valence-electron chi connectivity index (χ3n) is 5.30. The molecular weight excluding hydrogens is 368 g/mol. The molecule has 0 aromatic heterocycles. The molecule has 5 atom stereocenters. The van der Waals surface area contributed by atoms with E-state index in [0.717, 1.165) is 11.1 Å². The van der Waals surface area contributed by atoms with Crippen LogP contribution >= 0.6 is 0 Å². The highest BCUT2D eigenvalue weighted by Crippen LogP contribution is 2.42. The molecule has 2 aliphatic heterocycles. The lowest BCUT2D eigenvalue weighted by Crippen LogP contribution is -2.43. The first-order valence-electron chi connectivity index (χ1n) is 10.0. The van der Waals surface area contributed by atoms with Gasteiger partial charge in [0.1, 0.15) is 30.5 Å². The van der Waals surface area contributed by atoms with Gasteiger partial charge in [0.15, 0.2) is 12.1 Å². The van der Waals surface area contributed by atoms with Crippen LogP contribution in [0.15, 0.2) is 73.5 Å². The lowest BCUT2D eigenvalue weighted by Gasteiger charge is -2.32. The zero-order valence-corrected chi connectivity index (χ0v) is 17.1. The second kappa shape index (κ2) is 8.28. The quantitative estimate of drug-likeness (QED) is 0.641. The molecule has 2 aliphatic rings. The van der Waals surface area contributed by atoms with Gasteiger partial charge in [-0.15, -0.1) is 0 Å². The predicted octanol–water partition coefficient (Wildman–Crippen LogP) is 4.59. The van der Waals surface area contributed by atoms with E-state index in [1.54, 1.807) is 0 Å². The normalized spacial score (nSPS) is 28.8. The summed E-state index contributed by atoms with van der Waals surface area (Å²) >= 11 is 0. The van der Waals surface area contributed by atoms with Gasteiger partial charge in [-0.3, -0.25) is 0 Å². The zero-order chi connectivity index (χ0) is 20.4. The van der Waals surface area contributed by atoms with Gasteiger partial charge in [-0.25, -0.2) is 0 Å². The summed E-state index contributed by atoms with van der Waals surface area (Å²) in [5, 5.41) is 0. The Labute approximate surface area is 172 Å². The van der Waals surface area contributed by atoms with Gasteiger partial charge in [0.05, 0.1) is 6.26 Å². The van der Waals surface area contributed by atoms with Crippen molar-refractivity contribution in [3.05, 3.63) is 84.6 Å². The lowest BCUT2D eigenvalue weighted by atomic mass is 9.99. The molecule has 0 bridgehead atoms. The van der Waals surface area contributed by atoms with Gasteiger partial charge in [0.2, 0.25) is 0 Å². The average molecular weight is 396 g/mol. The summed E-state index contributed by atoms with van der Waals surface area (Å²) in [5.74, 6) is -0.723. The van der Waals surface area contributed by atoms with Crippen LogP contribution in [0.3, 0.4) is 0 Å². The minimum atomic E-state index is -0.723. The van der Waals surface area contributed by atoms with E-state index in [0.29, 0.717) is 0 Å². The summed E-state index contributed by atoms with van der Waals surface area (Å²) in [4.78, 5) is 0. The van der Waals surface area contributed by atoms with Gasteiger partial charge in [-0.05, 0) is 31.9 Å². The highest BCUT2D eigenvalue weighted by Gasteiger charge is 2.57. The van der Waals surface area contributed by atoms with Gasteiger partial charge < -0.3 is 23.7 Å². The number of rotatable bonds is 7. The molecule has 0 amide bonds. The SMILES string of the molecule is C=CO[C@H](C)[C@H]1O[C@@H]2OC(C)(C)O[C@@H]2[C@H]1OC(c1ccccc1)c1ccccc1. The Kier molecular flexibility index (Phi) is 5.74. The molecule has 4 rings (SSSR count). The molecule has 0 unspecified atom stereocenters. The third kappa shape index (κ3) is 4.23. The van der Waals surface area contributed by atoms with Crippen LogP contribution in [0.4, 0.5) is 0 Å². The molecule has 2 fully saturated rings. The van der Waals surface area contributed by atoms with Crippen LogP contribution in [0, 0.1) is 0 Å². The molecule has 0 aliphatic carbocycles. The largest absolute Gasteiger partial charge is 0.496 e. The van der Waals surface area contributed by atoms with Crippen molar-refractivity contribution >= 4 is 0 Å². The molecule has 5 heteroatoms. The summed E-state index contributed by atoms with van der Waals surface area (Å²) in [6.45, 7) is 9.38. The molecule has 154 valence electrons. The van der Waals surface area contributed by atoms with E-state index in [1.807, 2.05) is 57.2 Å². The number of fused-ring (bicyclic) bond motifs is 1. The Hall–Kier alpha value is -2.18. The monoisotopic (exact) mass is 396 g/mol. The maximum absolute atomic E-state index is 6.73. The van der Waals surface area contributed by atoms with Crippen molar-refractivity contribution in [3.8, 4) is 0 Å². The summed E-state index contributed by atoms with van der Waals surface area (Å²) in [6, 6.07) is 20.3. The van der Waals surface area contributed by atoms with Crippen molar-refractivity contribution in [1.29, 1.82) is 0 Å². The summed E-state index contributed by atoms with van der Waals surface area (Å²) in [7, 11) is 0. The fourth-order valence-electron chi connectivity index (χ4n) is 4.03. The molecule has 2 saturated heterocycles. The van der Waals surface area contributed by atoms with Gasteiger partial charge in [-0.1, -0.05) is 67.2 Å². The van der Waals surface area contributed by atoms with E-state index >= 15 is 0 Å². The van der Waals surface area contributed by atoms with E-state index in [2.05, 4.69) is 30.8 Å². The zero-order valence-electron chi connectivity index (χ0n) is 17.1. The van der Waals surface area contributed by atoms with Gasteiger partial charge in [-0.2, -0.15) is 0 Å². The Bertz CT molecular complexity index is 767.